The minimum atomic E-state index is -4.31. The number of ether oxygens (including phenoxy) is 1. The highest BCUT2D eigenvalue weighted by atomic mass is 31.2. The highest BCUT2D eigenvalue weighted by molar-refractivity contribution is 7.45. The van der Waals surface area contributed by atoms with Gasteiger partial charge >= 0.3 is 6.09 Å². The Kier molecular flexibility index (Phi) is 20.9. The van der Waals surface area contributed by atoms with Crippen molar-refractivity contribution in [3.05, 3.63) is 36.5 Å². The maximum Gasteiger partial charge on any atom is 0.407 e. The summed E-state index contributed by atoms with van der Waals surface area (Å²) in [4.78, 5) is 23.3. The third-order valence-electron chi connectivity index (χ3n) is 4.88. The molecule has 0 bridgehead atoms. The minimum Gasteiger partial charge on any atom is -0.756 e. The second-order valence-electron chi connectivity index (χ2n) is 9.39. The quantitative estimate of drug-likeness (QED) is 0.0882. The topological polar surface area (TPSA) is 96.9 Å². The molecule has 0 aliphatic carbocycles. The Balaban J connectivity index is 3.50. The summed E-state index contributed by atoms with van der Waals surface area (Å²) in [5.41, 5.74) is 0. The molecule has 9 heteroatoms. The zero-order valence-electron chi connectivity index (χ0n) is 22.4. The lowest BCUT2D eigenvalue weighted by Gasteiger charge is -2.27. The highest BCUT2D eigenvalue weighted by Crippen LogP contribution is 2.38. The van der Waals surface area contributed by atoms with Crippen LogP contribution in [0.1, 0.15) is 71.1 Å². The van der Waals surface area contributed by atoms with E-state index in [1.54, 1.807) is 0 Å². The summed E-state index contributed by atoms with van der Waals surface area (Å²) in [6, 6.07) is 0. The number of allylic oxidation sites excluding steroid dienone is 6. The maximum atomic E-state index is 11.7. The number of phosphoric acid groups is 1. The lowest BCUT2D eigenvalue weighted by molar-refractivity contribution is -0.870. The van der Waals surface area contributed by atoms with Crippen LogP contribution in [0.5, 0.6) is 0 Å². The Bertz CT molecular complexity index is 659. The first-order valence-corrected chi connectivity index (χ1v) is 14.4. The van der Waals surface area contributed by atoms with Crippen molar-refractivity contribution >= 4 is 13.9 Å². The first kappa shape index (κ1) is 33.6. The summed E-state index contributed by atoms with van der Waals surface area (Å²) in [7, 11) is 1.51. The Labute approximate surface area is 213 Å². The van der Waals surface area contributed by atoms with E-state index in [0.29, 0.717) is 17.6 Å². The van der Waals surface area contributed by atoms with Crippen LogP contribution in [-0.2, 0) is 18.3 Å². The number of unbranched alkanes of at least 4 members (excludes halogenated alkanes) is 5. The number of alkyl carbamates (subject to hydrolysis) is 1. The van der Waals surface area contributed by atoms with Crippen molar-refractivity contribution in [2.75, 3.05) is 54.1 Å². The molecule has 0 aromatic rings. The number of likely N-dealkylation sites (N-methyl/N-ethyl adjacent to an activating group) is 1. The summed E-state index contributed by atoms with van der Waals surface area (Å²) in [5.74, 6) is 0. The van der Waals surface area contributed by atoms with Crippen LogP contribution < -0.4 is 10.2 Å². The molecule has 0 saturated carbocycles. The standard InChI is InChI=1S/C26H49N2O6P/c1-5-6-7-8-9-10-11-12-13-14-15-16-17-18-19-21-27-26(29)32-23-20-24-33-35(30,31)34-25-22-28(2,3)4/h6-7,9-10,12-13H,5,8,11,14-25H2,1-4H3,(H-,27,29,30,31). The number of nitrogens with zero attached hydrogens (tertiary/aromatic N) is 1. The average Bonchev–Trinajstić information content (AvgIpc) is 2.77. The molecule has 0 saturated heterocycles. The number of hydrogen-bond acceptors (Lipinski definition) is 6. The van der Waals surface area contributed by atoms with Crippen molar-refractivity contribution in [2.24, 2.45) is 0 Å². The van der Waals surface area contributed by atoms with E-state index in [0.717, 1.165) is 44.9 Å². The summed E-state index contributed by atoms with van der Waals surface area (Å²) in [5, 5.41) is 2.71. The number of hydrogen-bond donors (Lipinski definition) is 1. The van der Waals surface area contributed by atoms with E-state index in [-0.39, 0.29) is 26.2 Å². The van der Waals surface area contributed by atoms with E-state index in [2.05, 4.69) is 48.7 Å². The smallest absolute Gasteiger partial charge is 0.407 e. The summed E-state index contributed by atoms with van der Waals surface area (Å²) >= 11 is 0. The van der Waals surface area contributed by atoms with Gasteiger partial charge in [0.05, 0.1) is 34.4 Å². The van der Waals surface area contributed by atoms with Crippen molar-refractivity contribution in [2.45, 2.75) is 71.1 Å². The molecule has 1 N–H and O–H groups in total. The van der Waals surface area contributed by atoms with Crippen LogP contribution in [0.25, 0.3) is 0 Å². The van der Waals surface area contributed by atoms with Gasteiger partial charge in [0.25, 0.3) is 7.82 Å². The van der Waals surface area contributed by atoms with Crippen LogP contribution in [0.2, 0.25) is 0 Å². The molecule has 1 unspecified atom stereocenters. The van der Waals surface area contributed by atoms with Crippen LogP contribution in [-0.4, -0.2) is 64.6 Å². The largest absolute Gasteiger partial charge is 0.756 e. The molecule has 0 fully saturated rings. The molecule has 0 aromatic carbocycles. The molecule has 0 spiro atoms. The van der Waals surface area contributed by atoms with Gasteiger partial charge in [0.2, 0.25) is 0 Å². The fourth-order valence-corrected chi connectivity index (χ4v) is 3.58. The zero-order valence-corrected chi connectivity index (χ0v) is 23.3. The van der Waals surface area contributed by atoms with E-state index in [9.17, 15) is 14.3 Å². The average molecular weight is 517 g/mol. The molecule has 0 aromatic heterocycles. The number of amides is 1. The summed E-state index contributed by atoms with van der Waals surface area (Å²) in [6.07, 6.45) is 22.8. The fourth-order valence-electron chi connectivity index (χ4n) is 2.85. The molecule has 35 heavy (non-hydrogen) atoms. The van der Waals surface area contributed by atoms with Crippen molar-refractivity contribution in [1.82, 2.24) is 5.32 Å². The molecule has 0 rings (SSSR count). The molecule has 1 atom stereocenters. The number of quaternary nitrogens is 1. The Morgan fingerprint density at radius 3 is 2.11 bits per heavy atom. The highest BCUT2D eigenvalue weighted by Gasteiger charge is 2.13. The van der Waals surface area contributed by atoms with Gasteiger partial charge in [-0.25, -0.2) is 4.79 Å². The second-order valence-corrected chi connectivity index (χ2v) is 10.8. The van der Waals surface area contributed by atoms with Crippen molar-refractivity contribution < 1.29 is 32.5 Å². The zero-order chi connectivity index (χ0) is 26.3. The lowest BCUT2D eigenvalue weighted by Crippen LogP contribution is -2.37. The number of phosphoric ester groups is 1. The van der Waals surface area contributed by atoms with Crippen LogP contribution in [0, 0.1) is 0 Å². The minimum absolute atomic E-state index is 0.0652. The first-order chi connectivity index (χ1) is 16.7. The van der Waals surface area contributed by atoms with Gasteiger partial charge in [0, 0.05) is 13.0 Å². The van der Waals surface area contributed by atoms with Gasteiger partial charge in [-0.15, -0.1) is 0 Å². The van der Waals surface area contributed by atoms with Gasteiger partial charge in [0.15, 0.2) is 0 Å². The van der Waals surface area contributed by atoms with Gasteiger partial charge in [0.1, 0.15) is 13.2 Å². The molecule has 204 valence electrons. The summed E-state index contributed by atoms with van der Waals surface area (Å²) in [6.45, 7) is 3.33. The molecule has 0 aliphatic heterocycles. The SMILES string of the molecule is CCC=CCC=CCC=CCCCCCCCNC(=O)OCCCOP(=O)([O-])OCC[N+](C)(C)C. The molecular formula is C26H49N2O6P. The van der Waals surface area contributed by atoms with Gasteiger partial charge in [-0.05, 0) is 38.5 Å². The molecular weight excluding hydrogens is 467 g/mol. The van der Waals surface area contributed by atoms with Gasteiger partial charge < -0.3 is 28.5 Å². The van der Waals surface area contributed by atoms with E-state index in [1.807, 2.05) is 21.1 Å². The first-order valence-electron chi connectivity index (χ1n) is 12.9. The fraction of sp³-hybridized carbons (Fsp3) is 0.731. The van der Waals surface area contributed by atoms with Crippen LogP contribution in [0.4, 0.5) is 4.79 Å². The molecule has 0 radical (unpaired) electrons. The number of nitrogens with one attached hydrogen (secondary N) is 1. The van der Waals surface area contributed by atoms with E-state index < -0.39 is 13.9 Å². The van der Waals surface area contributed by atoms with Crippen molar-refractivity contribution in [1.29, 1.82) is 0 Å². The lowest BCUT2D eigenvalue weighted by atomic mass is 10.1. The molecule has 0 heterocycles. The molecule has 8 nitrogen and oxygen atoms in total. The third-order valence-corrected chi connectivity index (χ3v) is 5.88. The van der Waals surface area contributed by atoms with Gasteiger partial charge in [-0.2, -0.15) is 0 Å². The number of rotatable bonds is 22. The van der Waals surface area contributed by atoms with E-state index in [1.165, 1.54) is 12.8 Å². The van der Waals surface area contributed by atoms with Crippen LogP contribution in [0.3, 0.4) is 0 Å². The van der Waals surface area contributed by atoms with Crippen LogP contribution in [0.15, 0.2) is 36.5 Å². The van der Waals surface area contributed by atoms with Gasteiger partial charge in [-0.1, -0.05) is 62.6 Å². The normalized spacial score (nSPS) is 14.2. The Hall–Kier alpha value is -1.44. The predicted octanol–water partition coefficient (Wildman–Crippen LogP) is 5.51. The second kappa shape index (κ2) is 21.8. The number of carbonyl (C=O) groups excluding carboxylic acids is 1. The predicted molar refractivity (Wildman–Crippen MR) is 141 cm³/mol. The number of carbonyl (C=O) groups is 1. The monoisotopic (exact) mass is 516 g/mol. The van der Waals surface area contributed by atoms with E-state index in [4.69, 9.17) is 13.8 Å². The van der Waals surface area contributed by atoms with Crippen molar-refractivity contribution in [3.63, 3.8) is 0 Å². The van der Waals surface area contributed by atoms with Crippen LogP contribution >= 0.6 is 7.82 Å². The Morgan fingerprint density at radius 1 is 0.829 bits per heavy atom. The molecule has 1 amide bonds. The third kappa shape index (κ3) is 27.0. The molecule has 0 aliphatic rings. The summed E-state index contributed by atoms with van der Waals surface area (Å²) < 4.78 is 26.8. The Morgan fingerprint density at radius 2 is 1.43 bits per heavy atom. The maximum absolute atomic E-state index is 11.7. The van der Waals surface area contributed by atoms with Gasteiger partial charge in [-0.3, -0.25) is 4.57 Å². The van der Waals surface area contributed by atoms with Crippen molar-refractivity contribution in [3.8, 4) is 0 Å². The van der Waals surface area contributed by atoms with E-state index >= 15 is 0 Å².